The van der Waals surface area contributed by atoms with Gasteiger partial charge < -0.3 is 11.5 Å². The topological polar surface area (TPSA) is 82.0 Å². The van der Waals surface area contributed by atoms with Gasteiger partial charge in [0.2, 0.25) is 0 Å². The molecule has 1 aromatic carbocycles. The fraction of sp³-hybridized carbons (Fsp3) is 0. The number of halogens is 1. The highest BCUT2D eigenvalue weighted by Crippen LogP contribution is 2.35. The molecule has 0 aliphatic heterocycles. The molecule has 6 heteroatoms. The summed E-state index contributed by atoms with van der Waals surface area (Å²) in [6.45, 7) is 0. The molecule has 0 fully saturated rings. The maximum atomic E-state index is 11.2. The van der Waals surface area contributed by atoms with E-state index in [9.17, 15) is 4.79 Å². The number of carbonyl (C=O) groups excluding carboxylic acids is 1. The zero-order valence-corrected chi connectivity index (χ0v) is 10.8. The molecule has 2 rings (SSSR count). The molecule has 18 heavy (non-hydrogen) atoms. The Morgan fingerprint density at radius 2 is 2.06 bits per heavy atom. The van der Waals surface area contributed by atoms with Crippen LogP contribution in [0.5, 0.6) is 0 Å². The van der Waals surface area contributed by atoms with Crippen molar-refractivity contribution in [3.8, 4) is 0 Å². The van der Waals surface area contributed by atoms with Crippen LogP contribution in [0.25, 0.3) is 0 Å². The molecule has 4 N–H and O–H groups in total. The van der Waals surface area contributed by atoms with E-state index in [0.29, 0.717) is 26.2 Å². The summed E-state index contributed by atoms with van der Waals surface area (Å²) in [5.41, 5.74) is 11.8. The van der Waals surface area contributed by atoms with Crippen molar-refractivity contribution < 1.29 is 4.79 Å². The van der Waals surface area contributed by atoms with E-state index in [4.69, 9.17) is 23.1 Å². The molecular formula is C12H10ClN3OS. The smallest absolute Gasteiger partial charge is 0.250 e. The molecule has 1 aromatic heterocycles. The second kappa shape index (κ2) is 5.29. The predicted octanol–water partition coefficient (Wildman–Crippen LogP) is 2.57. The second-order valence-corrected chi connectivity index (χ2v) is 4.91. The molecule has 92 valence electrons. The van der Waals surface area contributed by atoms with Crippen molar-refractivity contribution in [3.05, 3.63) is 47.1 Å². The number of para-hydroxylation sites is 1. The van der Waals surface area contributed by atoms with Crippen LogP contribution in [0.4, 0.5) is 5.69 Å². The Morgan fingerprint density at radius 3 is 2.72 bits per heavy atom. The Kier molecular flexibility index (Phi) is 3.74. The number of rotatable bonds is 3. The maximum absolute atomic E-state index is 11.2. The van der Waals surface area contributed by atoms with Crippen LogP contribution < -0.4 is 11.5 Å². The minimum Gasteiger partial charge on any atom is -0.397 e. The largest absolute Gasteiger partial charge is 0.397 e. The molecule has 0 atom stereocenters. The summed E-state index contributed by atoms with van der Waals surface area (Å²) in [4.78, 5) is 16.0. The number of nitrogens with zero attached hydrogens (tertiary/aromatic N) is 1. The highest BCUT2D eigenvalue weighted by molar-refractivity contribution is 7.99. The van der Waals surface area contributed by atoms with Crippen molar-refractivity contribution in [1.29, 1.82) is 0 Å². The number of amides is 1. The van der Waals surface area contributed by atoms with Crippen molar-refractivity contribution in [2.45, 2.75) is 9.92 Å². The van der Waals surface area contributed by atoms with Crippen molar-refractivity contribution in [1.82, 2.24) is 4.98 Å². The van der Waals surface area contributed by atoms with E-state index >= 15 is 0 Å². The molecule has 1 amide bonds. The van der Waals surface area contributed by atoms with Crippen LogP contribution in [0.2, 0.25) is 5.02 Å². The van der Waals surface area contributed by atoms with Crippen molar-refractivity contribution in [2.75, 3.05) is 5.73 Å². The van der Waals surface area contributed by atoms with Gasteiger partial charge >= 0.3 is 0 Å². The van der Waals surface area contributed by atoms with Gasteiger partial charge in [-0.25, -0.2) is 4.98 Å². The monoisotopic (exact) mass is 279 g/mol. The zero-order chi connectivity index (χ0) is 13.1. The Bertz CT molecular complexity index is 604. The number of aromatic nitrogens is 1. The molecule has 0 aliphatic carbocycles. The van der Waals surface area contributed by atoms with Gasteiger partial charge in [0, 0.05) is 11.1 Å². The maximum Gasteiger partial charge on any atom is 0.250 e. The average molecular weight is 280 g/mol. The van der Waals surface area contributed by atoms with Crippen molar-refractivity contribution in [2.24, 2.45) is 5.73 Å². The number of nitrogen functional groups attached to an aromatic ring is 1. The van der Waals surface area contributed by atoms with Crippen LogP contribution in [0.1, 0.15) is 10.4 Å². The molecule has 0 saturated heterocycles. The van der Waals surface area contributed by atoms with Gasteiger partial charge in [-0.2, -0.15) is 0 Å². The van der Waals surface area contributed by atoms with Gasteiger partial charge in [0.1, 0.15) is 5.03 Å². The van der Waals surface area contributed by atoms with Gasteiger partial charge in [-0.05, 0) is 24.3 Å². The van der Waals surface area contributed by atoms with E-state index in [1.807, 2.05) is 0 Å². The number of anilines is 1. The van der Waals surface area contributed by atoms with Crippen LogP contribution in [0.15, 0.2) is 46.5 Å². The number of carbonyl (C=O) groups is 1. The molecular weight excluding hydrogens is 270 g/mol. The van der Waals surface area contributed by atoms with E-state index in [-0.39, 0.29) is 0 Å². The Hall–Kier alpha value is -1.72. The molecule has 0 radical (unpaired) electrons. The van der Waals surface area contributed by atoms with Crippen LogP contribution in [0, 0.1) is 0 Å². The highest BCUT2D eigenvalue weighted by atomic mass is 35.5. The van der Waals surface area contributed by atoms with Crippen LogP contribution >= 0.6 is 23.4 Å². The first-order valence-electron chi connectivity index (χ1n) is 5.06. The first-order valence-corrected chi connectivity index (χ1v) is 6.25. The Morgan fingerprint density at radius 1 is 1.28 bits per heavy atom. The van der Waals surface area contributed by atoms with Gasteiger partial charge in [-0.3, -0.25) is 4.79 Å². The van der Waals surface area contributed by atoms with Gasteiger partial charge in [0.05, 0.1) is 16.3 Å². The molecule has 1 heterocycles. The second-order valence-electron chi connectivity index (χ2n) is 3.47. The quantitative estimate of drug-likeness (QED) is 0.846. The Balaban J connectivity index is 2.39. The zero-order valence-electron chi connectivity index (χ0n) is 9.26. The van der Waals surface area contributed by atoms with Gasteiger partial charge in [0.25, 0.3) is 5.91 Å². The molecule has 0 spiro atoms. The van der Waals surface area contributed by atoms with Crippen LogP contribution in [-0.2, 0) is 0 Å². The van der Waals surface area contributed by atoms with E-state index in [1.54, 1.807) is 36.5 Å². The SMILES string of the molecule is NC(=O)c1cccc(Sc2ncccc2Cl)c1N. The third-order valence-corrected chi connectivity index (χ3v) is 3.77. The molecule has 0 unspecified atom stereocenters. The predicted molar refractivity (Wildman–Crippen MR) is 72.7 cm³/mol. The van der Waals surface area contributed by atoms with Gasteiger partial charge in [-0.15, -0.1) is 0 Å². The Labute approximate surface area is 113 Å². The lowest BCUT2D eigenvalue weighted by molar-refractivity contribution is 0.100. The summed E-state index contributed by atoms with van der Waals surface area (Å²) in [7, 11) is 0. The normalized spacial score (nSPS) is 10.3. The molecule has 0 saturated carbocycles. The lowest BCUT2D eigenvalue weighted by atomic mass is 10.2. The highest BCUT2D eigenvalue weighted by Gasteiger charge is 2.12. The van der Waals surface area contributed by atoms with E-state index < -0.39 is 5.91 Å². The number of primary amides is 1. The number of nitrogens with two attached hydrogens (primary N) is 2. The number of benzene rings is 1. The number of pyridine rings is 1. The molecule has 4 nitrogen and oxygen atoms in total. The lowest BCUT2D eigenvalue weighted by Crippen LogP contribution is -2.13. The van der Waals surface area contributed by atoms with Crippen molar-refractivity contribution in [3.63, 3.8) is 0 Å². The standard InChI is InChI=1S/C12H10ClN3OS/c13-8-4-2-6-16-12(8)18-9-5-1-3-7(10(9)14)11(15)17/h1-6H,14H2,(H2,15,17). The summed E-state index contributed by atoms with van der Waals surface area (Å²) < 4.78 is 0. The first-order chi connectivity index (χ1) is 8.59. The molecule has 0 aliphatic rings. The molecule has 2 aromatic rings. The van der Waals surface area contributed by atoms with E-state index in [1.165, 1.54) is 11.8 Å². The van der Waals surface area contributed by atoms with E-state index in [0.717, 1.165) is 0 Å². The minimum absolute atomic E-state index is 0.298. The molecule has 0 bridgehead atoms. The van der Waals surface area contributed by atoms with Crippen molar-refractivity contribution >= 4 is 35.0 Å². The number of hydrogen-bond donors (Lipinski definition) is 2. The van der Waals surface area contributed by atoms with Crippen LogP contribution in [0.3, 0.4) is 0 Å². The fourth-order valence-corrected chi connectivity index (χ4v) is 2.49. The van der Waals surface area contributed by atoms with E-state index in [2.05, 4.69) is 4.98 Å². The summed E-state index contributed by atoms with van der Waals surface area (Å²) in [6.07, 6.45) is 1.64. The van der Waals surface area contributed by atoms with Gasteiger partial charge in [-0.1, -0.05) is 29.4 Å². The van der Waals surface area contributed by atoms with Gasteiger partial charge in [0.15, 0.2) is 0 Å². The summed E-state index contributed by atoms with van der Waals surface area (Å²) in [5.74, 6) is -0.554. The van der Waals surface area contributed by atoms with Crippen LogP contribution in [-0.4, -0.2) is 10.9 Å². The average Bonchev–Trinajstić information content (AvgIpc) is 2.34. The minimum atomic E-state index is -0.554. The number of hydrogen-bond acceptors (Lipinski definition) is 4. The summed E-state index contributed by atoms with van der Waals surface area (Å²) >= 11 is 7.31. The first kappa shape index (κ1) is 12.7. The fourth-order valence-electron chi connectivity index (χ4n) is 1.40. The third kappa shape index (κ3) is 2.57. The summed E-state index contributed by atoms with van der Waals surface area (Å²) in [6, 6.07) is 8.58. The summed E-state index contributed by atoms with van der Waals surface area (Å²) in [5, 5.41) is 1.17. The third-order valence-electron chi connectivity index (χ3n) is 2.26. The lowest BCUT2D eigenvalue weighted by Gasteiger charge is -2.08.